The molecule has 0 spiro atoms. The molecule has 0 aliphatic carbocycles. The normalized spacial score (nSPS) is 22.8. The fourth-order valence-electron chi connectivity index (χ4n) is 3.76. The van der Waals surface area contributed by atoms with Gasteiger partial charge in [-0.3, -0.25) is 4.99 Å². The zero-order valence-corrected chi connectivity index (χ0v) is 19.1. The first-order valence-electron chi connectivity index (χ1n) is 9.47. The first kappa shape index (κ1) is 21.8. The number of rotatable bonds is 5. The molecule has 0 radical (unpaired) electrons. The fraction of sp³-hybridized carbons (Fsp3) is 0.650. The minimum atomic E-state index is 0. The topological polar surface area (TPSA) is 36.9 Å². The van der Waals surface area contributed by atoms with Gasteiger partial charge in [0.25, 0.3) is 0 Å². The van der Waals surface area contributed by atoms with Crippen LogP contribution in [0.5, 0.6) is 0 Å². The molecule has 2 aliphatic rings. The van der Waals surface area contributed by atoms with Gasteiger partial charge >= 0.3 is 0 Å². The van der Waals surface area contributed by atoms with Crippen LogP contribution >= 0.6 is 35.7 Å². The number of hydrogen-bond acceptors (Lipinski definition) is 3. The van der Waals surface area contributed by atoms with Crippen LogP contribution in [-0.4, -0.2) is 61.3 Å². The monoisotopic (exact) mass is 489 g/mol. The van der Waals surface area contributed by atoms with Crippen LogP contribution in [0.1, 0.15) is 37.7 Å². The Labute approximate surface area is 179 Å². The minimum Gasteiger partial charge on any atom is -0.381 e. The summed E-state index contributed by atoms with van der Waals surface area (Å²) in [5.41, 5.74) is 1.45. The SMILES string of the molecule is CCNC(=NCC1(SC)CCOCC1)N1CCC(c2ccccc2)C1.I. The van der Waals surface area contributed by atoms with Crippen LogP contribution < -0.4 is 5.32 Å². The molecule has 2 aliphatic heterocycles. The van der Waals surface area contributed by atoms with Crippen molar-refractivity contribution >= 4 is 41.7 Å². The maximum absolute atomic E-state index is 5.56. The van der Waals surface area contributed by atoms with Gasteiger partial charge < -0.3 is 15.0 Å². The summed E-state index contributed by atoms with van der Waals surface area (Å²) in [4.78, 5) is 7.48. The summed E-state index contributed by atoms with van der Waals surface area (Å²) in [6.07, 6.45) is 5.62. The van der Waals surface area contributed by atoms with Crippen LogP contribution in [0.25, 0.3) is 0 Å². The molecule has 0 bridgehead atoms. The highest BCUT2D eigenvalue weighted by molar-refractivity contribution is 14.0. The van der Waals surface area contributed by atoms with Gasteiger partial charge in [-0.05, 0) is 38.0 Å². The number of benzene rings is 1. The van der Waals surface area contributed by atoms with Gasteiger partial charge in [0.1, 0.15) is 0 Å². The number of hydrogen-bond donors (Lipinski definition) is 1. The van der Waals surface area contributed by atoms with E-state index in [2.05, 4.69) is 53.7 Å². The quantitative estimate of drug-likeness (QED) is 0.386. The largest absolute Gasteiger partial charge is 0.381 e. The van der Waals surface area contributed by atoms with Gasteiger partial charge in [0, 0.05) is 43.5 Å². The number of thioether (sulfide) groups is 1. The van der Waals surface area contributed by atoms with Crippen LogP contribution in [0.15, 0.2) is 35.3 Å². The lowest BCUT2D eigenvalue weighted by atomic mass is 9.99. The van der Waals surface area contributed by atoms with Gasteiger partial charge in [-0.1, -0.05) is 30.3 Å². The van der Waals surface area contributed by atoms with Crippen molar-refractivity contribution < 1.29 is 4.74 Å². The van der Waals surface area contributed by atoms with E-state index in [9.17, 15) is 0 Å². The van der Waals surface area contributed by atoms with Gasteiger partial charge in [0.15, 0.2) is 5.96 Å². The fourth-order valence-corrected chi connectivity index (χ4v) is 4.53. The van der Waals surface area contributed by atoms with E-state index in [0.717, 1.165) is 58.2 Å². The Morgan fingerprint density at radius 2 is 2.04 bits per heavy atom. The summed E-state index contributed by atoms with van der Waals surface area (Å²) < 4.78 is 5.80. The minimum absolute atomic E-state index is 0. The zero-order valence-electron chi connectivity index (χ0n) is 15.9. The van der Waals surface area contributed by atoms with Crippen LogP contribution in [-0.2, 0) is 4.74 Å². The predicted octanol–water partition coefficient (Wildman–Crippen LogP) is 3.97. The van der Waals surface area contributed by atoms with E-state index in [-0.39, 0.29) is 28.7 Å². The summed E-state index contributed by atoms with van der Waals surface area (Å²) in [5, 5.41) is 3.51. The van der Waals surface area contributed by atoms with E-state index in [1.807, 2.05) is 11.8 Å². The van der Waals surface area contributed by atoms with Gasteiger partial charge in [-0.15, -0.1) is 24.0 Å². The molecule has 146 valence electrons. The maximum atomic E-state index is 5.56. The summed E-state index contributed by atoms with van der Waals surface area (Å²) in [6, 6.07) is 10.9. The van der Waals surface area contributed by atoms with Crippen LogP contribution in [0.2, 0.25) is 0 Å². The molecule has 2 fully saturated rings. The van der Waals surface area contributed by atoms with Crippen LogP contribution in [0.4, 0.5) is 0 Å². The van der Waals surface area contributed by atoms with Crippen molar-refractivity contribution in [1.29, 1.82) is 0 Å². The third-order valence-electron chi connectivity index (χ3n) is 5.45. The Morgan fingerprint density at radius 1 is 1.31 bits per heavy atom. The van der Waals surface area contributed by atoms with E-state index in [1.54, 1.807) is 0 Å². The summed E-state index contributed by atoms with van der Waals surface area (Å²) in [7, 11) is 0. The molecule has 1 atom stereocenters. The highest BCUT2D eigenvalue weighted by atomic mass is 127. The van der Waals surface area contributed by atoms with Crippen molar-refractivity contribution in [3.8, 4) is 0 Å². The molecule has 2 heterocycles. The first-order valence-corrected chi connectivity index (χ1v) is 10.7. The highest BCUT2D eigenvalue weighted by Gasteiger charge is 2.32. The van der Waals surface area contributed by atoms with Gasteiger partial charge in [0.05, 0.1) is 6.54 Å². The van der Waals surface area contributed by atoms with Crippen molar-refractivity contribution in [3.05, 3.63) is 35.9 Å². The molecule has 1 unspecified atom stereocenters. The number of guanidine groups is 1. The predicted molar refractivity (Wildman–Crippen MR) is 123 cm³/mol. The number of likely N-dealkylation sites (tertiary alicyclic amines) is 1. The molecular weight excluding hydrogens is 457 g/mol. The zero-order chi connectivity index (χ0) is 17.5. The lowest BCUT2D eigenvalue weighted by Gasteiger charge is -2.34. The number of aliphatic imine (C=N–C) groups is 1. The summed E-state index contributed by atoms with van der Waals surface area (Å²) in [5.74, 6) is 1.70. The molecule has 6 heteroatoms. The Balaban J connectivity index is 0.00000243. The first-order chi connectivity index (χ1) is 12.3. The molecule has 3 rings (SSSR count). The van der Waals surface area contributed by atoms with Crippen LogP contribution in [0.3, 0.4) is 0 Å². The van der Waals surface area contributed by atoms with E-state index in [1.165, 1.54) is 12.0 Å². The molecule has 0 amide bonds. The summed E-state index contributed by atoms with van der Waals surface area (Å²) >= 11 is 1.96. The van der Waals surface area contributed by atoms with E-state index < -0.39 is 0 Å². The second-order valence-corrected chi connectivity index (χ2v) is 8.29. The highest BCUT2D eigenvalue weighted by Crippen LogP contribution is 2.34. The lowest BCUT2D eigenvalue weighted by Crippen LogP contribution is -2.42. The van der Waals surface area contributed by atoms with Gasteiger partial charge in [-0.25, -0.2) is 0 Å². The second-order valence-electron chi connectivity index (χ2n) is 7.01. The van der Waals surface area contributed by atoms with E-state index >= 15 is 0 Å². The van der Waals surface area contributed by atoms with Crippen molar-refractivity contribution in [2.24, 2.45) is 4.99 Å². The molecule has 0 saturated carbocycles. The number of halogens is 1. The number of nitrogens with one attached hydrogen (secondary N) is 1. The van der Waals surface area contributed by atoms with Crippen molar-refractivity contribution in [3.63, 3.8) is 0 Å². The Morgan fingerprint density at radius 3 is 2.69 bits per heavy atom. The molecule has 2 saturated heterocycles. The van der Waals surface area contributed by atoms with Crippen molar-refractivity contribution in [1.82, 2.24) is 10.2 Å². The molecule has 1 aromatic rings. The second kappa shape index (κ2) is 10.8. The molecule has 26 heavy (non-hydrogen) atoms. The van der Waals surface area contributed by atoms with E-state index in [4.69, 9.17) is 9.73 Å². The Kier molecular flexibility index (Phi) is 9.03. The lowest BCUT2D eigenvalue weighted by molar-refractivity contribution is 0.0793. The molecule has 1 aromatic carbocycles. The van der Waals surface area contributed by atoms with E-state index in [0.29, 0.717) is 5.92 Å². The third kappa shape index (κ3) is 5.52. The number of nitrogens with zero attached hydrogens (tertiary/aromatic N) is 2. The van der Waals surface area contributed by atoms with Gasteiger partial charge in [0.2, 0.25) is 0 Å². The average molecular weight is 489 g/mol. The van der Waals surface area contributed by atoms with Crippen molar-refractivity contribution in [2.75, 3.05) is 45.6 Å². The standard InChI is InChI=1S/C20H31N3OS.HI/c1-3-21-19(22-16-20(25-2)10-13-24-14-11-20)23-12-9-18(15-23)17-7-5-4-6-8-17;/h4-8,18H,3,9-16H2,1-2H3,(H,21,22);1H. The van der Waals surface area contributed by atoms with Gasteiger partial charge in [-0.2, -0.15) is 11.8 Å². The molecule has 1 N–H and O–H groups in total. The summed E-state index contributed by atoms with van der Waals surface area (Å²) in [6.45, 7) is 7.83. The Hall–Kier alpha value is -0.470. The molecular formula is C20H32IN3OS. The smallest absolute Gasteiger partial charge is 0.193 e. The van der Waals surface area contributed by atoms with Crippen molar-refractivity contribution in [2.45, 2.75) is 36.9 Å². The Bertz CT molecular complexity index is 563. The third-order valence-corrected chi connectivity index (χ3v) is 6.85. The maximum Gasteiger partial charge on any atom is 0.193 e. The molecule has 0 aromatic heterocycles. The van der Waals surface area contributed by atoms with Crippen LogP contribution in [0, 0.1) is 0 Å². The number of ether oxygens (including phenoxy) is 1. The average Bonchev–Trinajstić information content (AvgIpc) is 3.16. The molecule has 4 nitrogen and oxygen atoms in total.